The van der Waals surface area contributed by atoms with Gasteiger partial charge in [0.25, 0.3) is 0 Å². The number of benzene rings is 1. The molecule has 2 aliphatic rings. The summed E-state index contributed by atoms with van der Waals surface area (Å²) in [4.78, 5) is 12.6. The number of nitrogens with zero attached hydrogens (tertiary/aromatic N) is 3. The molecule has 170 valence electrons. The SMILES string of the molecule is CC1(C)CC(=O)c2c(C(F)(F)F)nn(-c3cc(F)c(C#N)c(N[C@H]4CCC[C@@H]4O)c3)c2C1. The molecule has 0 saturated heterocycles. The standard InChI is InChI=1S/C22H22F4N4O2/c1-21(2)8-16-19(18(32)9-21)20(22(24,25)26)29-30(16)11-6-13(23)12(10-27)15(7-11)28-14-4-3-5-17(14)31/h6-7,14,17,28,31H,3-5,8-9H2,1-2H3/t14-,17-/m0/s1. The van der Waals surface area contributed by atoms with E-state index in [0.717, 1.165) is 17.2 Å². The van der Waals surface area contributed by atoms with E-state index in [4.69, 9.17) is 0 Å². The lowest BCUT2D eigenvalue weighted by Gasteiger charge is -2.29. The normalized spacial score (nSPS) is 22.5. The van der Waals surface area contributed by atoms with Gasteiger partial charge in [-0.2, -0.15) is 23.5 Å². The highest BCUT2D eigenvalue weighted by atomic mass is 19.4. The van der Waals surface area contributed by atoms with Gasteiger partial charge in [-0.15, -0.1) is 0 Å². The number of nitriles is 1. The number of anilines is 1. The Morgan fingerprint density at radius 2 is 2.00 bits per heavy atom. The van der Waals surface area contributed by atoms with E-state index in [-0.39, 0.29) is 35.5 Å². The number of alkyl halides is 3. The number of aromatic nitrogens is 2. The van der Waals surface area contributed by atoms with Crippen LogP contribution in [0.1, 0.15) is 66.8 Å². The Bertz CT molecular complexity index is 1130. The van der Waals surface area contributed by atoms with Gasteiger partial charge in [0.1, 0.15) is 17.4 Å². The zero-order valence-corrected chi connectivity index (χ0v) is 17.6. The molecule has 2 N–H and O–H groups in total. The molecule has 1 saturated carbocycles. The monoisotopic (exact) mass is 450 g/mol. The molecule has 1 fully saturated rings. The third-order valence-electron chi connectivity index (χ3n) is 6.07. The number of nitrogens with one attached hydrogen (secondary N) is 1. The van der Waals surface area contributed by atoms with E-state index < -0.39 is 46.6 Å². The van der Waals surface area contributed by atoms with E-state index in [1.54, 1.807) is 19.9 Å². The molecule has 0 aliphatic heterocycles. The highest BCUT2D eigenvalue weighted by Gasteiger charge is 2.45. The molecule has 1 aromatic carbocycles. The topological polar surface area (TPSA) is 90.9 Å². The Morgan fingerprint density at radius 3 is 2.59 bits per heavy atom. The molecule has 10 heteroatoms. The van der Waals surface area contributed by atoms with Crippen LogP contribution in [0, 0.1) is 22.6 Å². The lowest BCUT2D eigenvalue weighted by Crippen LogP contribution is -2.29. The van der Waals surface area contributed by atoms with Crippen LogP contribution < -0.4 is 5.32 Å². The first-order chi connectivity index (χ1) is 14.9. The van der Waals surface area contributed by atoms with Gasteiger partial charge >= 0.3 is 6.18 Å². The summed E-state index contributed by atoms with van der Waals surface area (Å²) >= 11 is 0. The minimum atomic E-state index is -4.85. The molecule has 4 rings (SSSR count). The van der Waals surface area contributed by atoms with Crippen molar-refractivity contribution in [3.05, 3.63) is 40.5 Å². The van der Waals surface area contributed by atoms with Crippen molar-refractivity contribution in [2.24, 2.45) is 5.41 Å². The molecule has 6 nitrogen and oxygen atoms in total. The van der Waals surface area contributed by atoms with Crippen molar-refractivity contribution in [1.82, 2.24) is 9.78 Å². The second kappa shape index (κ2) is 7.59. The number of fused-ring (bicyclic) bond motifs is 1. The predicted molar refractivity (Wildman–Crippen MR) is 107 cm³/mol. The molecule has 1 heterocycles. The molecular weight excluding hydrogens is 428 g/mol. The highest BCUT2D eigenvalue weighted by molar-refractivity contribution is 6.00. The van der Waals surface area contributed by atoms with Gasteiger partial charge in [-0.3, -0.25) is 4.79 Å². The number of carbonyl (C=O) groups excluding carboxylic acids is 1. The van der Waals surface area contributed by atoms with Crippen molar-refractivity contribution in [2.45, 2.75) is 64.3 Å². The van der Waals surface area contributed by atoms with Crippen molar-refractivity contribution in [2.75, 3.05) is 5.32 Å². The number of carbonyl (C=O) groups is 1. The Balaban J connectivity index is 1.89. The summed E-state index contributed by atoms with van der Waals surface area (Å²) in [5, 5.41) is 26.1. The van der Waals surface area contributed by atoms with Crippen LogP contribution in [0.4, 0.5) is 23.2 Å². The zero-order valence-electron chi connectivity index (χ0n) is 17.6. The van der Waals surface area contributed by atoms with Gasteiger partial charge in [0.05, 0.1) is 34.8 Å². The summed E-state index contributed by atoms with van der Waals surface area (Å²) in [6.07, 6.45) is -3.53. The van der Waals surface area contributed by atoms with Crippen LogP contribution in [0.3, 0.4) is 0 Å². The number of ketones is 1. The molecule has 0 unspecified atom stereocenters. The Kier molecular flexibility index (Phi) is 5.28. The number of aliphatic hydroxyl groups is 1. The largest absolute Gasteiger partial charge is 0.435 e. The Hall–Kier alpha value is -2.93. The maximum atomic E-state index is 14.8. The van der Waals surface area contributed by atoms with Crippen molar-refractivity contribution in [3.63, 3.8) is 0 Å². The third kappa shape index (κ3) is 3.86. The number of hydrogen-bond donors (Lipinski definition) is 2. The molecule has 0 amide bonds. The smallest absolute Gasteiger partial charge is 0.391 e. The number of aliphatic hydroxyl groups excluding tert-OH is 1. The molecule has 1 aromatic heterocycles. The first-order valence-corrected chi connectivity index (χ1v) is 10.3. The van der Waals surface area contributed by atoms with Gasteiger partial charge in [0.2, 0.25) is 0 Å². The van der Waals surface area contributed by atoms with Gasteiger partial charge in [-0.25, -0.2) is 9.07 Å². The number of rotatable bonds is 3. The summed E-state index contributed by atoms with van der Waals surface area (Å²) in [5.74, 6) is -1.59. The summed E-state index contributed by atoms with van der Waals surface area (Å²) in [5.41, 5.74) is -2.58. The van der Waals surface area contributed by atoms with Crippen LogP contribution in [-0.4, -0.2) is 32.8 Å². The molecule has 0 radical (unpaired) electrons. The molecule has 32 heavy (non-hydrogen) atoms. The van der Waals surface area contributed by atoms with E-state index in [0.29, 0.717) is 12.8 Å². The van der Waals surface area contributed by atoms with Crippen molar-refractivity contribution >= 4 is 11.5 Å². The van der Waals surface area contributed by atoms with Crippen LogP contribution in [0.15, 0.2) is 12.1 Å². The fraction of sp³-hybridized carbons (Fsp3) is 0.500. The van der Waals surface area contributed by atoms with Crippen molar-refractivity contribution in [3.8, 4) is 11.8 Å². The molecule has 0 spiro atoms. The van der Waals surface area contributed by atoms with Gasteiger partial charge in [-0.05, 0) is 37.2 Å². The maximum absolute atomic E-state index is 14.8. The maximum Gasteiger partial charge on any atom is 0.435 e. The van der Waals surface area contributed by atoms with Crippen molar-refractivity contribution in [1.29, 1.82) is 5.26 Å². The van der Waals surface area contributed by atoms with Crippen LogP contribution in [-0.2, 0) is 12.6 Å². The molecule has 2 atom stereocenters. The molecule has 2 aliphatic carbocycles. The van der Waals surface area contributed by atoms with E-state index in [2.05, 4.69) is 10.4 Å². The van der Waals surface area contributed by atoms with Gasteiger partial charge < -0.3 is 10.4 Å². The fourth-order valence-corrected chi connectivity index (χ4v) is 4.61. The predicted octanol–water partition coefficient (Wildman–Crippen LogP) is 4.38. The average molecular weight is 450 g/mol. The van der Waals surface area contributed by atoms with E-state index in [1.807, 2.05) is 0 Å². The average Bonchev–Trinajstić information content (AvgIpc) is 3.24. The quantitative estimate of drug-likeness (QED) is 0.678. The summed E-state index contributed by atoms with van der Waals surface area (Å²) in [7, 11) is 0. The zero-order chi connectivity index (χ0) is 23.4. The van der Waals surface area contributed by atoms with Crippen LogP contribution >= 0.6 is 0 Å². The summed E-state index contributed by atoms with van der Waals surface area (Å²) in [6.45, 7) is 3.54. The third-order valence-corrected chi connectivity index (χ3v) is 6.07. The number of halogens is 4. The van der Waals surface area contributed by atoms with Gasteiger partial charge in [0, 0.05) is 12.5 Å². The number of hydrogen-bond acceptors (Lipinski definition) is 5. The fourth-order valence-electron chi connectivity index (χ4n) is 4.61. The summed E-state index contributed by atoms with van der Waals surface area (Å²) in [6, 6.07) is 3.63. The van der Waals surface area contributed by atoms with E-state index in [9.17, 15) is 32.7 Å². The van der Waals surface area contributed by atoms with Gasteiger partial charge in [0.15, 0.2) is 11.5 Å². The second-order valence-electron chi connectivity index (χ2n) is 9.23. The molecule has 2 aromatic rings. The Labute approximate surface area is 181 Å². The first-order valence-electron chi connectivity index (χ1n) is 10.3. The van der Waals surface area contributed by atoms with E-state index in [1.165, 1.54) is 6.07 Å². The highest BCUT2D eigenvalue weighted by Crippen LogP contribution is 2.42. The molecule has 0 bridgehead atoms. The van der Waals surface area contributed by atoms with Gasteiger partial charge in [-0.1, -0.05) is 13.8 Å². The minimum absolute atomic E-state index is 0.0336. The van der Waals surface area contributed by atoms with Crippen LogP contribution in [0.25, 0.3) is 5.69 Å². The van der Waals surface area contributed by atoms with Crippen LogP contribution in [0.2, 0.25) is 0 Å². The number of Topliss-reactive ketones (excluding diaryl/α,β-unsaturated/α-hetero) is 1. The second-order valence-corrected chi connectivity index (χ2v) is 9.23. The lowest BCUT2D eigenvalue weighted by molar-refractivity contribution is -0.141. The lowest BCUT2D eigenvalue weighted by atomic mass is 9.75. The van der Waals surface area contributed by atoms with E-state index >= 15 is 0 Å². The Morgan fingerprint density at radius 1 is 1.28 bits per heavy atom. The summed E-state index contributed by atoms with van der Waals surface area (Å²) < 4.78 is 56.8. The minimum Gasteiger partial charge on any atom is -0.391 e. The first kappa shape index (κ1) is 22.3. The van der Waals surface area contributed by atoms with Crippen molar-refractivity contribution < 1.29 is 27.5 Å². The molecular formula is C22H22F4N4O2. The van der Waals surface area contributed by atoms with Crippen LogP contribution in [0.5, 0.6) is 0 Å².